The summed E-state index contributed by atoms with van der Waals surface area (Å²) < 4.78 is 26.5. The molecule has 1 fully saturated rings. The molecule has 0 heterocycles. The van der Waals surface area contributed by atoms with Crippen LogP contribution in [0.25, 0.3) is 0 Å². The van der Waals surface area contributed by atoms with Crippen molar-refractivity contribution < 1.29 is 18.0 Å². The zero-order valence-corrected chi connectivity index (χ0v) is 24.8. The lowest BCUT2D eigenvalue weighted by atomic mass is 10.1. The normalized spacial score (nSPS) is 14.8. The van der Waals surface area contributed by atoms with Crippen LogP contribution in [-0.4, -0.2) is 50.0 Å². The Morgan fingerprint density at radius 2 is 1.66 bits per heavy atom. The summed E-state index contributed by atoms with van der Waals surface area (Å²) in [4.78, 5) is 28.1. The summed E-state index contributed by atoms with van der Waals surface area (Å²) >= 11 is 12.3. The SMILES string of the molecule is Cc1cc(C)cc(N(CCCC(=O)N(Cc2ccc(Cl)c(Cl)c2)C(C)C(=O)NC2CCCC2)S(C)(=O)=O)c1. The molecule has 10 heteroatoms. The summed E-state index contributed by atoms with van der Waals surface area (Å²) in [5, 5.41) is 3.86. The van der Waals surface area contributed by atoms with Crippen LogP contribution >= 0.6 is 23.2 Å². The first-order chi connectivity index (χ1) is 17.8. The van der Waals surface area contributed by atoms with E-state index >= 15 is 0 Å². The molecule has 1 saturated carbocycles. The number of halogens is 2. The molecule has 0 bridgehead atoms. The number of anilines is 1. The predicted octanol–water partition coefficient (Wildman–Crippen LogP) is 5.63. The molecule has 2 aromatic rings. The molecule has 2 aromatic carbocycles. The molecule has 0 radical (unpaired) electrons. The Morgan fingerprint density at radius 3 is 2.24 bits per heavy atom. The molecule has 7 nitrogen and oxygen atoms in total. The van der Waals surface area contributed by atoms with Gasteiger partial charge < -0.3 is 10.2 Å². The van der Waals surface area contributed by atoms with E-state index in [0.717, 1.165) is 42.4 Å². The molecule has 3 rings (SSSR count). The highest BCUT2D eigenvalue weighted by atomic mass is 35.5. The van der Waals surface area contributed by atoms with Gasteiger partial charge in [0, 0.05) is 25.6 Å². The molecular formula is C28H37Cl2N3O4S. The summed E-state index contributed by atoms with van der Waals surface area (Å²) in [6.07, 6.45) is 5.61. The summed E-state index contributed by atoms with van der Waals surface area (Å²) in [5.41, 5.74) is 3.25. The summed E-state index contributed by atoms with van der Waals surface area (Å²) in [6.45, 7) is 5.88. The average Bonchev–Trinajstić information content (AvgIpc) is 3.33. The van der Waals surface area contributed by atoms with Gasteiger partial charge in [-0.15, -0.1) is 0 Å². The first-order valence-corrected chi connectivity index (χ1v) is 15.6. The standard InChI is InChI=1S/C28H37Cl2N3O4S/c1-19-14-20(2)16-24(15-19)33(38(4,36)37)13-7-10-27(34)32(18-22-11-12-25(29)26(30)17-22)21(3)28(35)31-23-8-5-6-9-23/h11-12,14-17,21,23H,5-10,13,18H2,1-4H3,(H,31,35). The molecule has 1 aliphatic carbocycles. The van der Waals surface area contributed by atoms with Gasteiger partial charge in [0.1, 0.15) is 6.04 Å². The molecule has 38 heavy (non-hydrogen) atoms. The van der Waals surface area contributed by atoms with Gasteiger partial charge in [0.2, 0.25) is 21.8 Å². The van der Waals surface area contributed by atoms with Crippen molar-refractivity contribution in [2.24, 2.45) is 0 Å². The second-order valence-corrected chi connectivity index (χ2v) is 12.9. The van der Waals surface area contributed by atoms with Crippen LogP contribution in [0.5, 0.6) is 0 Å². The molecule has 1 aliphatic rings. The molecule has 0 spiro atoms. The van der Waals surface area contributed by atoms with Crippen molar-refractivity contribution in [3.05, 3.63) is 63.1 Å². The average molecular weight is 583 g/mol. The van der Waals surface area contributed by atoms with Crippen LogP contribution in [0, 0.1) is 13.8 Å². The maximum atomic E-state index is 13.5. The Kier molecular flexibility index (Phi) is 10.5. The third-order valence-electron chi connectivity index (χ3n) is 6.85. The zero-order valence-electron chi connectivity index (χ0n) is 22.5. The fourth-order valence-electron chi connectivity index (χ4n) is 4.91. The monoisotopic (exact) mass is 581 g/mol. The second-order valence-electron chi connectivity index (χ2n) is 10.2. The maximum Gasteiger partial charge on any atom is 0.242 e. The molecule has 0 saturated heterocycles. The number of carbonyl (C=O) groups excluding carboxylic acids is 2. The summed E-state index contributed by atoms with van der Waals surface area (Å²) in [5.74, 6) is -0.433. The Morgan fingerprint density at radius 1 is 1.03 bits per heavy atom. The number of sulfonamides is 1. The first kappa shape index (κ1) is 30.3. The van der Waals surface area contributed by atoms with Crippen LogP contribution in [0.4, 0.5) is 5.69 Å². The zero-order chi connectivity index (χ0) is 28.0. The second kappa shape index (κ2) is 13.2. The van der Waals surface area contributed by atoms with E-state index in [1.165, 1.54) is 15.5 Å². The molecule has 1 N–H and O–H groups in total. The van der Waals surface area contributed by atoms with E-state index in [-0.39, 0.29) is 37.4 Å². The Bertz CT molecular complexity index is 1240. The van der Waals surface area contributed by atoms with Crippen molar-refractivity contribution >= 4 is 50.7 Å². The Balaban J connectivity index is 1.75. The van der Waals surface area contributed by atoms with Gasteiger partial charge in [-0.3, -0.25) is 13.9 Å². The quantitative estimate of drug-likeness (QED) is 0.372. The number of nitrogens with zero attached hydrogens (tertiary/aromatic N) is 2. The van der Waals surface area contributed by atoms with Crippen LogP contribution in [0.1, 0.15) is 62.1 Å². The lowest BCUT2D eigenvalue weighted by molar-refractivity contribution is -0.141. The summed E-state index contributed by atoms with van der Waals surface area (Å²) in [6, 6.07) is 10.2. The molecule has 208 valence electrons. The number of aryl methyl sites for hydroxylation is 2. The van der Waals surface area contributed by atoms with Crippen molar-refractivity contribution in [1.82, 2.24) is 10.2 Å². The number of nitrogens with one attached hydrogen (secondary N) is 1. The summed E-state index contributed by atoms with van der Waals surface area (Å²) in [7, 11) is -3.55. The third kappa shape index (κ3) is 8.35. The van der Waals surface area contributed by atoms with Crippen LogP contribution in [0.15, 0.2) is 36.4 Å². The van der Waals surface area contributed by atoms with E-state index in [1.54, 1.807) is 25.1 Å². The van der Waals surface area contributed by atoms with Gasteiger partial charge in [-0.1, -0.05) is 48.2 Å². The van der Waals surface area contributed by atoms with E-state index in [2.05, 4.69) is 5.32 Å². The highest BCUT2D eigenvalue weighted by Gasteiger charge is 2.29. The number of hydrogen-bond acceptors (Lipinski definition) is 4. The fourth-order valence-corrected chi connectivity index (χ4v) is 6.18. The smallest absolute Gasteiger partial charge is 0.242 e. The van der Waals surface area contributed by atoms with Gasteiger partial charge in [-0.2, -0.15) is 0 Å². The van der Waals surface area contributed by atoms with Gasteiger partial charge >= 0.3 is 0 Å². The van der Waals surface area contributed by atoms with Gasteiger partial charge in [0.05, 0.1) is 22.0 Å². The van der Waals surface area contributed by atoms with Crippen molar-refractivity contribution in [1.29, 1.82) is 0 Å². The lowest BCUT2D eigenvalue weighted by Gasteiger charge is -2.30. The predicted molar refractivity (Wildman–Crippen MR) is 154 cm³/mol. The van der Waals surface area contributed by atoms with E-state index in [1.807, 2.05) is 32.0 Å². The highest BCUT2D eigenvalue weighted by Crippen LogP contribution is 2.25. The van der Waals surface area contributed by atoms with Crippen LogP contribution in [-0.2, 0) is 26.2 Å². The number of carbonyl (C=O) groups is 2. The Hall–Kier alpha value is -2.29. The molecular weight excluding hydrogens is 545 g/mol. The van der Waals surface area contributed by atoms with Gasteiger partial charge in [-0.25, -0.2) is 8.42 Å². The van der Waals surface area contributed by atoms with E-state index in [0.29, 0.717) is 22.2 Å². The van der Waals surface area contributed by atoms with E-state index in [4.69, 9.17) is 23.2 Å². The Labute approximate surface area is 236 Å². The number of amides is 2. The van der Waals surface area contributed by atoms with Crippen LogP contribution in [0.2, 0.25) is 10.0 Å². The number of hydrogen-bond donors (Lipinski definition) is 1. The van der Waals surface area contributed by atoms with E-state index in [9.17, 15) is 18.0 Å². The van der Waals surface area contributed by atoms with E-state index < -0.39 is 16.1 Å². The van der Waals surface area contributed by atoms with Crippen LogP contribution in [0.3, 0.4) is 0 Å². The van der Waals surface area contributed by atoms with Crippen molar-refractivity contribution in [2.75, 3.05) is 17.1 Å². The van der Waals surface area contributed by atoms with Crippen molar-refractivity contribution in [3.63, 3.8) is 0 Å². The van der Waals surface area contributed by atoms with Crippen molar-refractivity contribution in [3.8, 4) is 0 Å². The fraction of sp³-hybridized carbons (Fsp3) is 0.500. The van der Waals surface area contributed by atoms with Gasteiger partial charge in [0.25, 0.3) is 0 Å². The topological polar surface area (TPSA) is 86.8 Å². The molecule has 1 atom stereocenters. The van der Waals surface area contributed by atoms with Crippen LogP contribution < -0.4 is 9.62 Å². The maximum absolute atomic E-state index is 13.5. The number of benzene rings is 2. The lowest BCUT2D eigenvalue weighted by Crippen LogP contribution is -2.49. The largest absolute Gasteiger partial charge is 0.352 e. The van der Waals surface area contributed by atoms with Gasteiger partial charge in [0.15, 0.2) is 0 Å². The molecule has 1 unspecified atom stereocenters. The minimum atomic E-state index is -3.55. The number of rotatable bonds is 11. The third-order valence-corrected chi connectivity index (χ3v) is 8.79. The minimum absolute atomic E-state index is 0.0825. The van der Waals surface area contributed by atoms with Crippen molar-refractivity contribution in [2.45, 2.75) is 77.9 Å². The van der Waals surface area contributed by atoms with Gasteiger partial charge in [-0.05, 0) is 81.0 Å². The molecule has 2 amide bonds. The first-order valence-electron chi connectivity index (χ1n) is 12.9. The highest BCUT2D eigenvalue weighted by molar-refractivity contribution is 7.92. The minimum Gasteiger partial charge on any atom is -0.352 e. The molecule has 0 aromatic heterocycles. The molecule has 0 aliphatic heterocycles.